The molecule has 0 heterocycles. The normalized spacial score (nSPS) is 18.3. The quantitative estimate of drug-likeness (QED) is 0.385. The Morgan fingerprint density at radius 3 is 2.32 bits per heavy atom. The van der Waals surface area contributed by atoms with E-state index in [1.807, 2.05) is 24.3 Å². The summed E-state index contributed by atoms with van der Waals surface area (Å²) in [7, 11) is 0. The third-order valence-corrected chi connectivity index (χ3v) is 5.56. The molecule has 7 nitrogen and oxygen atoms in total. The van der Waals surface area contributed by atoms with Gasteiger partial charge in [0, 0.05) is 30.7 Å². The molecule has 2 atom stereocenters. The summed E-state index contributed by atoms with van der Waals surface area (Å²) in [5, 5.41) is 5.61. The summed E-state index contributed by atoms with van der Waals surface area (Å²) in [6.07, 6.45) is 4.19. The predicted octanol–water partition coefficient (Wildman–Crippen LogP) is 3.15. The van der Waals surface area contributed by atoms with Crippen LogP contribution in [0.25, 0.3) is 11.1 Å². The fourth-order valence-corrected chi connectivity index (χ4v) is 3.75. The van der Waals surface area contributed by atoms with Crippen molar-refractivity contribution < 1.29 is 14.4 Å². The van der Waals surface area contributed by atoms with Crippen LogP contribution < -0.4 is 21.8 Å². The average molecular weight is 425 g/mol. The lowest BCUT2D eigenvalue weighted by Gasteiger charge is -2.26. The van der Waals surface area contributed by atoms with Crippen molar-refractivity contribution in [2.45, 2.75) is 51.1 Å². The van der Waals surface area contributed by atoms with Crippen LogP contribution in [0.2, 0.25) is 0 Å². The van der Waals surface area contributed by atoms with Crippen LogP contribution in [0.3, 0.4) is 0 Å². The number of benzene rings is 2. The van der Waals surface area contributed by atoms with Crippen LogP contribution in [-0.4, -0.2) is 37.2 Å². The van der Waals surface area contributed by atoms with Gasteiger partial charge in [-0.05, 0) is 60.9 Å². The number of aryl methyl sites for hydroxylation is 1. The Kier molecular flexibility index (Phi) is 8.44. The van der Waals surface area contributed by atoms with Crippen molar-refractivity contribution in [3.63, 3.8) is 0 Å². The number of rotatable bonds is 8. The van der Waals surface area contributed by atoms with Crippen LogP contribution >= 0.6 is 0 Å². The largest absolute Gasteiger partial charge is 0.426 e. The smallest absolute Gasteiger partial charge is 0.354 e. The summed E-state index contributed by atoms with van der Waals surface area (Å²) in [6.45, 7) is 2.78. The van der Waals surface area contributed by atoms with Gasteiger partial charge in [0.05, 0.1) is 0 Å². The summed E-state index contributed by atoms with van der Waals surface area (Å²) >= 11 is 0. The first-order chi connectivity index (χ1) is 15.0. The maximum atomic E-state index is 12.3. The number of hydrogen-bond donors (Lipinski definition) is 4. The Bertz CT molecular complexity index is 852. The van der Waals surface area contributed by atoms with Gasteiger partial charge in [-0.3, -0.25) is 4.79 Å². The molecule has 2 amide bonds. The van der Waals surface area contributed by atoms with E-state index in [4.69, 9.17) is 10.6 Å². The highest BCUT2D eigenvalue weighted by molar-refractivity contribution is 5.94. The molecular weight excluding hydrogens is 392 g/mol. The zero-order valence-corrected chi connectivity index (χ0v) is 18.0. The van der Waals surface area contributed by atoms with E-state index < -0.39 is 6.09 Å². The van der Waals surface area contributed by atoms with E-state index >= 15 is 0 Å². The maximum absolute atomic E-state index is 12.3. The molecule has 5 N–H and O–H groups in total. The number of carbonyl (C=O) groups excluding carboxylic acids is 2. The predicted molar refractivity (Wildman–Crippen MR) is 121 cm³/mol. The van der Waals surface area contributed by atoms with E-state index in [1.165, 1.54) is 5.56 Å². The second kappa shape index (κ2) is 11.5. The SMILES string of the molecule is CCc1ccc(-c2ccc(C(=O)NCCNOC(=O)NC3CCCC(N)C3)cc2)cc1. The fraction of sp³-hybridized carbons (Fsp3) is 0.417. The summed E-state index contributed by atoms with van der Waals surface area (Å²) < 4.78 is 0. The lowest BCUT2D eigenvalue weighted by molar-refractivity contribution is 0.0831. The van der Waals surface area contributed by atoms with Crippen molar-refractivity contribution in [1.29, 1.82) is 0 Å². The van der Waals surface area contributed by atoms with Crippen LogP contribution in [0.5, 0.6) is 0 Å². The minimum absolute atomic E-state index is 0.0605. The molecule has 166 valence electrons. The van der Waals surface area contributed by atoms with Crippen molar-refractivity contribution in [3.05, 3.63) is 59.7 Å². The van der Waals surface area contributed by atoms with Crippen LogP contribution in [0, 0.1) is 0 Å². The first-order valence-electron chi connectivity index (χ1n) is 11.0. The van der Waals surface area contributed by atoms with Crippen molar-refractivity contribution in [3.8, 4) is 11.1 Å². The number of carbonyl (C=O) groups is 2. The molecule has 2 aromatic rings. The molecule has 1 aliphatic carbocycles. The van der Waals surface area contributed by atoms with Crippen molar-refractivity contribution >= 4 is 12.0 Å². The lowest BCUT2D eigenvalue weighted by atomic mass is 9.92. The monoisotopic (exact) mass is 424 g/mol. The Morgan fingerprint density at radius 2 is 1.68 bits per heavy atom. The average Bonchev–Trinajstić information content (AvgIpc) is 2.79. The highest BCUT2D eigenvalue weighted by atomic mass is 16.7. The molecule has 31 heavy (non-hydrogen) atoms. The van der Waals surface area contributed by atoms with Crippen molar-refractivity contribution in [2.75, 3.05) is 13.1 Å². The number of nitrogens with two attached hydrogens (primary N) is 1. The third kappa shape index (κ3) is 7.08. The number of amides is 2. The molecule has 2 aromatic carbocycles. The van der Waals surface area contributed by atoms with Crippen LogP contribution in [0.4, 0.5) is 4.79 Å². The molecule has 7 heteroatoms. The van der Waals surface area contributed by atoms with Gasteiger partial charge < -0.3 is 21.2 Å². The molecule has 1 aliphatic rings. The Morgan fingerprint density at radius 1 is 1.00 bits per heavy atom. The second-order valence-electron chi connectivity index (χ2n) is 7.94. The third-order valence-electron chi connectivity index (χ3n) is 5.56. The number of hydrogen-bond acceptors (Lipinski definition) is 5. The molecule has 1 fully saturated rings. The second-order valence-corrected chi connectivity index (χ2v) is 7.94. The first-order valence-corrected chi connectivity index (χ1v) is 11.0. The van der Waals surface area contributed by atoms with E-state index in [2.05, 4.69) is 47.3 Å². The van der Waals surface area contributed by atoms with E-state index in [0.717, 1.165) is 43.2 Å². The van der Waals surface area contributed by atoms with Gasteiger partial charge in [-0.1, -0.05) is 43.3 Å². The zero-order valence-electron chi connectivity index (χ0n) is 18.0. The zero-order chi connectivity index (χ0) is 22.1. The minimum Gasteiger partial charge on any atom is -0.354 e. The summed E-state index contributed by atoms with van der Waals surface area (Å²) in [5.41, 5.74) is 12.6. The summed E-state index contributed by atoms with van der Waals surface area (Å²) in [6, 6.07) is 16.1. The number of hydroxylamine groups is 1. The lowest BCUT2D eigenvalue weighted by Crippen LogP contribution is -2.44. The minimum atomic E-state index is -0.520. The molecule has 0 aliphatic heterocycles. The molecule has 0 spiro atoms. The van der Waals surface area contributed by atoms with Gasteiger partial charge >= 0.3 is 6.09 Å². The molecule has 0 aromatic heterocycles. The molecule has 0 radical (unpaired) electrons. The van der Waals surface area contributed by atoms with Gasteiger partial charge in [-0.25, -0.2) is 4.79 Å². The molecule has 2 unspecified atom stereocenters. The Hall–Kier alpha value is -2.90. The molecule has 0 bridgehead atoms. The molecule has 1 saturated carbocycles. The maximum Gasteiger partial charge on any atom is 0.426 e. The summed E-state index contributed by atoms with van der Waals surface area (Å²) in [4.78, 5) is 29.0. The van der Waals surface area contributed by atoms with Gasteiger partial charge in [-0.15, -0.1) is 5.48 Å². The van der Waals surface area contributed by atoms with E-state index in [9.17, 15) is 9.59 Å². The van der Waals surface area contributed by atoms with E-state index in [-0.39, 0.29) is 18.0 Å². The highest BCUT2D eigenvalue weighted by Gasteiger charge is 2.21. The molecule has 0 saturated heterocycles. The summed E-state index contributed by atoms with van der Waals surface area (Å²) in [5.74, 6) is -0.171. The van der Waals surface area contributed by atoms with Crippen molar-refractivity contribution in [1.82, 2.24) is 16.1 Å². The van der Waals surface area contributed by atoms with Crippen molar-refractivity contribution in [2.24, 2.45) is 5.73 Å². The van der Waals surface area contributed by atoms with Gasteiger partial charge in [0.15, 0.2) is 0 Å². The first kappa shape index (κ1) is 22.8. The van der Waals surface area contributed by atoms with E-state index in [0.29, 0.717) is 18.7 Å². The number of nitrogens with one attached hydrogen (secondary N) is 3. The van der Waals surface area contributed by atoms with E-state index in [1.54, 1.807) is 0 Å². The highest BCUT2D eigenvalue weighted by Crippen LogP contribution is 2.20. The van der Waals surface area contributed by atoms with Gasteiger partial charge in [0.1, 0.15) is 0 Å². The van der Waals surface area contributed by atoms with Gasteiger partial charge in [0.25, 0.3) is 5.91 Å². The van der Waals surface area contributed by atoms with Gasteiger partial charge in [0.2, 0.25) is 0 Å². The van der Waals surface area contributed by atoms with Crippen LogP contribution in [0.1, 0.15) is 48.5 Å². The Labute approximate surface area is 183 Å². The molecular formula is C24H32N4O3. The topological polar surface area (TPSA) is 105 Å². The molecule has 3 rings (SSSR count). The Balaban J connectivity index is 1.35. The van der Waals surface area contributed by atoms with Crippen LogP contribution in [-0.2, 0) is 11.3 Å². The van der Waals surface area contributed by atoms with Gasteiger partial charge in [-0.2, -0.15) is 0 Å². The fourth-order valence-electron chi connectivity index (χ4n) is 3.75. The van der Waals surface area contributed by atoms with Crippen LogP contribution in [0.15, 0.2) is 48.5 Å². The standard InChI is InChI=1S/C24H32N4O3/c1-2-17-6-8-18(9-7-17)19-10-12-20(13-11-19)23(29)26-14-15-27-31-24(30)28-22-5-3-4-21(25)16-22/h6-13,21-22,27H,2-5,14-16,25H2,1H3,(H,26,29)(H,28,30).